The maximum Gasteiger partial charge on any atom is 0.273 e. The van der Waals surface area contributed by atoms with Crippen LogP contribution in [0, 0.1) is 0 Å². The van der Waals surface area contributed by atoms with E-state index in [1.165, 1.54) is 5.56 Å². The number of halogens is 1. The number of anilines is 2. The van der Waals surface area contributed by atoms with Crippen LogP contribution in [0.1, 0.15) is 34.6 Å². The quantitative estimate of drug-likeness (QED) is 0.261. The highest BCUT2D eigenvalue weighted by Crippen LogP contribution is 2.38. The van der Waals surface area contributed by atoms with Gasteiger partial charge in [0.15, 0.2) is 0 Å². The summed E-state index contributed by atoms with van der Waals surface area (Å²) in [4.78, 5) is 13.9. The van der Waals surface area contributed by atoms with Gasteiger partial charge in [0.25, 0.3) is 5.91 Å². The molecule has 5 aromatic rings. The first kappa shape index (κ1) is 22.5. The number of aromatic nitrogens is 2. The topological polar surface area (TPSA) is 50.5 Å². The predicted molar refractivity (Wildman–Crippen MR) is 147 cm³/mol. The van der Waals surface area contributed by atoms with Crippen molar-refractivity contribution in [1.29, 1.82) is 0 Å². The normalized spacial score (nSPS) is 12.9. The zero-order valence-corrected chi connectivity index (χ0v) is 20.6. The standard InChI is InChI=1S/C30H27ClN4O/c31-22-14-16-24(17-15-22)33-29(36)28-27(21-9-3-1-4-10-21)26-13-7-8-18-34-25(20-35(28)30(26)34)19-32-23-11-5-2-6-12-23/h1-6,9-12,14-17,20,32H,7-8,13,18-19H2,(H,33,36). The summed E-state index contributed by atoms with van der Waals surface area (Å²) in [5.41, 5.74) is 8.08. The number of aryl methyl sites for hydroxylation is 2. The molecule has 2 aromatic heterocycles. The van der Waals surface area contributed by atoms with E-state index in [2.05, 4.69) is 50.1 Å². The third-order valence-electron chi connectivity index (χ3n) is 6.84. The zero-order chi connectivity index (χ0) is 24.5. The van der Waals surface area contributed by atoms with E-state index >= 15 is 0 Å². The molecular formula is C30H27ClN4O. The number of amides is 1. The molecule has 0 spiro atoms. The maximum atomic E-state index is 13.9. The number of nitrogens with zero attached hydrogens (tertiary/aromatic N) is 2. The Kier molecular flexibility index (Phi) is 5.99. The number of carbonyl (C=O) groups excluding carboxylic acids is 1. The summed E-state index contributed by atoms with van der Waals surface area (Å²) in [5.74, 6) is -0.127. The second-order valence-corrected chi connectivity index (χ2v) is 9.61. The second-order valence-electron chi connectivity index (χ2n) is 9.17. The summed E-state index contributed by atoms with van der Waals surface area (Å²) in [5, 5.41) is 7.29. The van der Waals surface area contributed by atoms with E-state index in [9.17, 15) is 4.79 Å². The predicted octanol–water partition coefficient (Wildman–Crippen LogP) is 7.26. The van der Waals surface area contributed by atoms with Crippen LogP contribution in [0.5, 0.6) is 0 Å². The second kappa shape index (κ2) is 9.59. The van der Waals surface area contributed by atoms with E-state index in [-0.39, 0.29) is 5.91 Å². The molecule has 1 amide bonds. The van der Waals surface area contributed by atoms with Crippen molar-refractivity contribution in [3.05, 3.63) is 113 Å². The molecule has 6 rings (SSSR count). The molecule has 36 heavy (non-hydrogen) atoms. The fourth-order valence-electron chi connectivity index (χ4n) is 5.21. The molecule has 0 unspecified atom stereocenters. The van der Waals surface area contributed by atoms with Crippen molar-refractivity contribution in [1.82, 2.24) is 8.97 Å². The van der Waals surface area contributed by atoms with Crippen LogP contribution in [0.25, 0.3) is 16.8 Å². The summed E-state index contributed by atoms with van der Waals surface area (Å²) in [6.07, 6.45) is 5.27. The minimum absolute atomic E-state index is 0.127. The van der Waals surface area contributed by atoms with Gasteiger partial charge in [0.2, 0.25) is 0 Å². The van der Waals surface area contributed by atoms with Crippen molar-refractivity contribution < 1.29 is 4.79 Å². The molecule has 0 atom stereocenters. The van der Waals surface area contributed by atoms with Gasteiger partial charge in [-0.15, -0.1) is 0 Å². The number of hydrogen-bond donors (Lipinski definition) is 2. The van der Waals surface area contributed by atoms with E-state index < -0.39 is 0 Å². The average Bonchev–Trinajstić information content (AvgIpc) is 3.31. The largest absolute Gasteiger partial charge is 0.379 e. The molecular weight excluding hydrogens is 468 g/mol. The van der Waals surface area contributed by atoms with Crippen LogP contribution in [0.4, 0.5) is 11.4 Å². The Bertz CT molecular complexity index is 1520. The molecule has 180 valence electrons. The number of benzene rings is 3. The Morgan fingerprint density at radius 1 is 0.861 bits per heavy atom. The van der Waals surface area contributed by atoms with Gasteiger partial charge in [0.05, 0.1) is 12.2 Å². The van der Waals surface area contributed by atoms with E-state index in [0.717, 1.165) is 59.7 Å². The smallest absolute Gasteiger partial charge is 0.273 e. The SMILES string of the molecule is O=C(Nc1ccc(Cl)cc1)c1c(-c2ccccc2)c2c3n(c(CNc4ccccc4)cn13)CCCC2. The zero-order valence-electron chi connectivity index (χ0n) is 19.9. The molecule has 0 aliphatic carbocycles. The molecule has 3 heterocycles. The Balaban J connectivity index is 1.49. The van der Waals surface area contributed by atoms with Crippen LogP contribution in [0.15, 0.2) is 91.1 Å². The van der Waals surface area contributed by atoms with Crippen LogP contribution in [0.2, 0.25) is 5.02 Å². The third kappa shape index (κ3) is 4.16. The lowest BCUT2D eigenvalue weighted by Crippen LogP contribution is -2.15. The Morgan fingerprint density at radius 3 is 2.33 bits per heavy atom. The number of carbonyl (C=O) groups is 1. The Morgan fingerprint density at radius 2 is 1.58 bits per heavy atom. The van der Waals surface area contributed by atoms with Crippen molar-refractivity contribution in [2.75, 3.05) is 10.6 Å². The number of rotatable bonds is 6. The number of para-hydroxylation sites is 1. The molecule has 5 nitrogen and oxygen atoms in total. The summed E-state index contributed by atoms with van der Waals surface area (Å²) >= 11 is 6.06. The lowest BCUT2D eigenvalue weighted by molar-refractivity contribution is 0.102. The molecule has 2 N–H and O–H groups in total. The monoisotopic (exact) mass is 494 g/mol. The minimum Gasteiger partial charge on any atom is -0.379 e. The van der Waals surface area contributed by atoms with Crippen molar-refractivity contribution in [2.45, 2.75) is 32.4 Å². The molecule has 0 saturated heterocycles. The minimum atomic E-state index is -0.127. The summed E-state index contributed by atoms with van der Waals surface area (Å²) in [7, 11) is 0. The number of imidazole rings is 1. The fraction of sp³-hybridized carbons (Fsp3) is 0.167. The van der Waals surface area contributed by atoms with Crippen LogP contribution < -0.4 is 10.6 Å². The Hall–Kier alpha value is -3.96. The van der Waals surface area contributed by atoms with Gasteiger partial charge in [-0.3, -0.25) is 9.20 Å². The highest BCUT2D eigenvalue weighted by atomic mass is 35.5. The van der Waals surface area contributed by atoms with Crippen LogP contribution in [-0.4, -0.2) is 14.9 Å². The number of hydrogen-bond acceptors (Lipinski definition) is 2. The molecule has 0 bridgehead atoms. The lowest BCUT2D eigenvalue weighted by Gasteiger charge is -2.11. The van der Waals surface area contributed by atoms with E-state index in [0.29, 0.717) is 17.3 Å². The van der Waals surface area contributed by atoms with Gasteiger partial charge in [-0.05, 0) is 61.2 Å². The first-order valence-electron chi connectivity index (χ1n) is 12.4. The molecule has 0 saturated carbocycles. The molecule has 6 heteroatoms. The first-order chi connectivity index (χ1) is 17.7. The lowest BCUT2D eigenvalue weighted by atomic mass is 9.98. The van der Waals surface area contributed by atoms with E-state index in [1.54, 1.807) is 12.1 Å². The van der Waals surface area contributed by atoms with Crippen LogP contribution in [0.3, 0.4) is 0 Å². The van der Waals surface area contributed by atoms with Crippen molar-refractivity contribution in [2.24, 2.45) is 0 Å². The maximum absolute atomic E-state index is 13.9. The molecule has 3 aromatic carbocycles. The van der Waals surface area contributed by atoms with Gasteiger partial charge in [-0.2, -0.15) is 0 Å². The first-order valence-corrected chi connectivity index (χ1v) is 12.7. The van der Waals surface area contributed by atoms with E-state index in [4.69, 9.17) is 11.6 Å². The van der Waals surface area contributed by atoms with Crippen LogP contribution in [-0.2, 0) is 19.5 Å². The molecule has 1 aliphatic heterocycles. The highest BCUT2D eigenvalue weighted by Gasteiger charge is 2.29. The molecule has 0 radical (unpaired) electrons. The van der Waals surface area contributed by atoms with Crippen LogP contribution >= 0.6 is 11.6 Å². The van der Waals surface area contributed by atoms with Gasteiger partial charge in [-0.25, -0.2) is 0 Å². The highest BCUT2D eigenvalue weighted by molar-refractivity contribution is 6.30. The van der Waals surface area contributed by atoms with Gasteiger partial charge in [0.1, 0.15) is 11.3 Å². The molecule has 1 aliphatic rings. The third-order valence-corrected chi connectivity index (χ3v) is 7.10. The van der Waals surface area contributed by atoms with Crippen molar-refractivity contribution >= 4 is 34.5 Å². The summed E-state index contributed by atoms with van der Waals surface area (Å²) in [6, 6.07) is 27.7. The number of nitrogens with one attached hydrogen (secondary N) is 2. The Labute approximate surface area is 215 Å². The van der Waals surface area contributed by atoms with Gasteiger partial charge >= 0.3 is 0 Å². The van der Waals surface area contributed by atoms with Gasteiger partial charge < -0.3 is 15.2 Å². The summed E-state index contributed by atoms with van der Waals surface area (Å²) in [6.45, 7) is 1.62. The fourth-order valence-corrected chi connectivity index (χ4v) is 5.34. The van der Waals surface area contributed by atoms with Gasteiger partial charge in [-0.1, -0.05) is 60.1 Å². The van der Waals surface area contributed by atoms with E-state index in [1.807, 2.05) is 48.5 Å². The molecule has 0 fully saturated rings. The van der Waals surface area contributed by atoms with Gasteiger partial charge in [0, 0.05) is 40.3 Å². The summed E-state index contributed by atoms with van der Waals surface area (Å²) < 4.78 is 4.50. The van der Waals surface area contributed by atoms with Crippen molar-refractivity contribution in [3.63, 3.8) is 0 Å². The van der Waals surface area contributed by atoms with Crippen molar-refractivity contribution in [3.8, 4) is 11.1 Å². The average molecular weight is 495 g/mol.